The molecule has 0 amide bonds. The van der Waals surface area contributed by atoms with Crippen LogP contribution in [0.3, 0.4) is 0 Å². The molecule has 0 heterocycles. The summed E-state index contributed by atoms with van der Waals surface area (Å²) in [6.45, 7) is 0. The molecule has 3 nitrogen and oxygen atoms in total. The summed E-state index contributed by atoms with van der Waals surface area (Å²) in [4.78, 5) is 0. The van der Waals surface area contributed by atoms with E-state index in [0.29, 0.717) is 0 Å². The summed E-state index contributed by atoms with van der Waals surface area (Å²) in [5, 5.41) is -6.85. The molecule has 15 heteroatoms. The normalized spacial score (nSPS) is 16.0. The third-order valence-corrected chi connectivity index (χ3v) is 3.29. The van der Waals surface area contributed by atoms with Gasteiger partial charge in [0, 0.05) is 6.42 Å². The Morgan fingerprint density at radius 1 is 0.913 bits per heavy atom. The van der Waals surface area contributed by atoms with Gasteiger partial charge in [0.2, 0.25) is 0 Å². The van der Waals surface area contributed by atoms with Crippen LogP contribution in [0.1, 0.15) is 19.3 Å². The molecule has 0 N–H and O–H groups in total. The van der Waals surface area contributed by atoms with Gasteiger partial charge in [-0.05, 0) is 12.8 Å². The van der Waals surface area contributed by atoms with Gasteiger partial charge in [-0.25, -0.2) is 12.8 Å². The second-order valence-electron chi connectivity index (χ2n) is 4.14. The van der Waals surface area contributed by atoms with Crippen molar-refractivity contribution in [1.82, 2.24) is 0 Å². The average molecular weight is 380 g/mol. The van der Waals surface area contributed by atoms with Gasteiger partial charge in [-0.1, -0.05) is 0 Å². The van der Waals surface area contributed by atoms with Crippen LogP contribution in [0, 0.1) is 0 Å². The summed E-state index contributed by atoms with van der Waals surface area (Å²) in [6.07, 6.45) is -14.4. The van der Waals surface area contributed by atoms with Crippen LogP contribution < -0.4 is 18.9 Å². The predicted octanol–water partition coefficient (Wildman–Crippen LogP) is 0.470. The molecule has 1 unspecified atom stereocenters. The van der Waals surface area contributed by atoms with Crippen molar-refractivity contribution in [1.29, 1.82) is 0 Å². The number of hydrogen-bond acceptors (Lipinski definition) is 3. The van der Waals surface area contributed by atoms with Gasteiger partial charge < -0.3 is 4.55 Å². The van der Waals surface area contributed by atoms with E-state index in [-0.39, 0.29) is 18.9 Å². The Bertz CT molecular complexity index is 489. The minimum atomic E-state index is -7.28. The summed E-state index contributed by atoms with van der Waals surface area (Å²) in [5.41, 5.74) is 0. The third kappa shape index (κ3) is 5.40. The van der Waals surface area contributed by atoms with E-state index in [0.717, 1.165) is 0 Å². The molecule has 0 saturated carbocycles. The van der Waals surface area contributed by atoms with E-state index >= 15 is 0 Å². The van der Waals surface area contributed by atoms with Crippen LogP contribution in [0.4, 0.5) is 43.9 Å². The fourth-order valence-corrected chi connectivity index (χ4v) is 1.66. The molecule has 0 aliphatic heterocycles. The van der Waals surface area contributed by atoms with Crippen molar-refractivity contribution in [2.75, 3.05) is 0 Å². The van der Waals surface area contributed by atoms with Gasteiger partial charge >= 0.3 is 42.1 Å². The maximum atomic E-state index is 13.0. The molecule has 23 heavy (non-hydrogen) atoms. The predicted molar refractivity (Wildman–Crippen MR) is 49.3 cm³/mol. The van der Waals surface area contributed by atoms with Crippen LogP contribution in [0.15, 0.2) is 0 Å². The molecule has 0 bridgehead atoms. The van der Waals surface area contributed by atoms with Gasteiger partial charge in [0.25, 0.3) is 0 Å². The Morgan fingerprint density at radius 2 is 1.30 bits per heavy atom. The molecule has 0 radical (unpaired) electrons. The van der Waals surface area contributed by atoms with Gasteiger partial charge in [0.15, 0.2) is 16.3 Å². The van der Waals surface area contributed by atoms with Crippen molar-refractivity contribution in [3.63, 3.8) is 0 Å². The van der Waals surface area contributed by atoms with E-state index < -0.39 is 58.8 Å². The fourth-order valence-electron chi connectivity index (χ4n) is 1.21. The molecule has 0 aliphatic rings. The molecule has 0 saturated heterocycles. The minimum Gasteiger partial charge on any atom is -0.743 e. The first kappa shape index (κ1) is 25.1. The van der Waals surface area contributed by atoms with Crippen LogP contribution in [0.25, 0.3) is 0 Å². The number of halogens is 10. The Morgan fingerprint density at radius 3 is 1.61 bits per heavy atom. The third-order valence-electron chi connectivity index (χ3n) is 2.41. The molecule has 0 rings (SSSR count). The van der Waals surface area contributed by atoms with Gasteiger partial charge in [-0.3, -0.25) is 0 Å². The summed E-state index contributed by atoms with van der Waals surface area (Å²) in [6, 6.07) is 0. The molecule has 0 aromatic rings. The quantitative estimate of drug-likeness (QED) is 0.367. The number of hydrogen-bond donors (Lipinski definition) is 0. The van der Waals surface area contributed by atoms with Crippen LogP contribution in [-0.2, 0) is 10.1 Å². The summed E-state index contributed by atoms with van der Waals surface area (Å²) >= 11 is 0. The SMILES string of the molecule is O=S(=O)([O-])C(F)(F)C(F)(F)C(F)(F)C(F)CCCC(F)(F)F.[Li+]. The van der Waals surface area contributed by atoms with Crippen molar-refractivity contribution in [2.24, 2.45) is 0 Å². The largest absolute Gasteiger partial charge is 1.00 e. The Labute approximate surface area is 135 Å². The Kier molecular flexibility index (Phi) is 8.02. The van der Waals surface area contributed by atoms with E-state index in [1.165, 1.54) is 0 Å². The maximum absolute atomic E-state index is 13.0. The van der Waals surface area contributed by atoms with Crippen molar-refractivity contribution in [3.05, 3.63) is 0 Å². The first-order chi connectivity index (χ1) is 9.38. The zero-order valence-electron chi connectivity index (χ0n) is 11.1. The van der Waals surface area contributed by atoms with Crippen LogP contribution >= 0.6 is 0 Å². The summed E-state index contributed by atoms with van der Waals surface area (Å²) < 4.78 is 155. The minimum absolute atomic E-state index is 0. The van der Waals surface area contributed by atoms with E-state index in [9.17, 15) is 56.9 Å². The molecule has 134 valence electrons. The Balaban J connectivity index is 0. The van der Waals surface area contributed by atoms with Gasteiger partial charge in [-0.2, -0.15) is 39.5 Å². The molecule has 0 aromatic carbocycles. The average Bonchev–Trinajstić information content (AvgIpc) is 2.24. The summed E-state index contributed by atoms with van der Waals surface area (Å²) in [7, 11) is -7.28. The smallest absolute Gasteiger partial charge is 0.743 e. The molecular formula is C8H7F10LiO3S. The Hall–Kier alpha value is -0.193. The van der Waals surface area contributed by atoms with Crippen LogP contribution in [0.2, 0.25) is 0 Å². The van der Waals surface area contributed by atoms with E-state index in [2.05, 4.69) is 0 Å². The molecule has 0 fully saturated rings. The van der Waals surface area contributed by atoms with Gasteiger partial charge in [-0.15, -0.1) is 0 Å². The van der Waals surface area contributed by atoms with Crippen LogP contribution in [0.5, 0.6) is 0 Å². The first-order valence-corrected chi connectivity index (χ1v) is 6.58. The van der Waals surface area contributed by atoms with Crippen molar-refractivity contribution in [3.8, 4) is 0 Å². The maximum Gasteiger partial charge on any atom is 1.00 e. The van der Waals surface area contributed by atoms with Gasteiger partial charge in [0.1, 0.15) is 0 Å². The molecule has 0 spiro atoms. The number of rotatable bonds is 7. The summed E-state index contributed by atoms with van der Waals surface area (Å²) in [5.74, 6) is -13.3. The molecule has 0 aromatic heterocycles. The van der Waals surface area contributed by atoms with Crippen molar-refractivity contribution < 1.29 is 75.7 Å². The topological polar surface area (TPSA) is 57.2 Å². The number of alkyl halides is 10. The standard InChI is InChI=1S/C8H8F10O3S.Li/c9-4(2-1-3-5(10,11)12)6(13,14)7(15,16)8(17,18)22(19,20)21;/h4H,1-3H2,(H,19,20,21);/q;+1/p-1. The molecular weight excluding hydrogens is 373 g/mol. The van der Waals surface area contributed by atoms with E-state index in [4.69, 9.17) is 0 Å². The zero-order chi connectivity index (χ0) is 18.2. The first-order valence-electron chi connectivity index (χ1n) is 5.17. The van der Waals surface area contributed by atoms with Crippen molar-refractivity contribution in [2.45, 2.75) is 48.7 Å². The van der Waals surface area contributed by atoms with E-state index in [1.54, 1.807) is 0 Å². The van der Waals surface area contributed by atoms with Gasteiger partial charge in [0.05, 0.1) is 0 Å². The monoisotopic (exact) mass is 380 g/mol. The van der Waals surface area contributed by atoms with Crippen LogP contribution in [-0.4, -0.2) is 42.4 Å². The second kappa shape index (κ2) is 7.36. The fraction of sp³-hybridized carbons (Fsp3) is 1.00. The molecule has 1 atom stereocenters. The van der Waals surface area contributed by atoms with E-state index in [1.807, 2.05) is 0 Å². The molecule has 0 aliphatic carbocycles. The zero-order valence-corrected chi connectivity index (χ0v) is 11.9. The van der Waals surface area contributed by atoms with Crippen molar-refractivity contribution >= 4 is 10.1 Å². The second-order valence-corrected chi connectivity index (χ2v) is 5.56.